The van der Waals surface area contributed by atoms with Gasteiger partial charge in [0.1, 0.15) is 4.32 Å². The Bertz CT molecular complexity index is 766. The monoisotopic (exact) mass is 459 g/mol. The van der Waals surface area contributed by atoms with Gasteiger partial charge in [-0.2, -0.15) is 0 Å². The predicted molar refractivity (Wildman–Crippen MR) is 108 cm³/mol. The molecule has 1 fully saturated rings. The molecule has 0 atom stereocenters. The van der Waals surface area contributed by atoms with E-state index in [0.717, 1.165) is 0 Å². The molecule has 1 saturated heterocycles. The van der Waals surface area contributed by atoms with Crippen LogP contribution >= 0.6 is 39.9 Å². The van der Waals surface area contributed by atoms with E-state index in [1.54, 1.807) is 18.2 Å². The smallest absolute Gasteiger partial charge is 0.305 e. The maximum Gasteiger partial charge on any atom is 0.305 e. The third kappa shape index (κ3) is 4.99. The number of phenolic OH excluding ortho intramolecular Hbond substituents is 1. The number of methoxy groups -OCH3 is 1. The van der Waals surface area contributed by atoms with E-state index in [9.17, 15) is 14.7 Å². The van der Waals surface area contributed by atoms with Gasteiger partial charge in [0.05, 0.1) is 23.1 Å². The topological polar surface area (TPSA) is 76.1 Å². The van der Waals surface area contributed by atoms with Gasteiger partial charge in [-0.25, -0.2) is 0 Å². The van der Waals surface area contributed by atoms with Crippen molar-refractivity contribution in [3.63, 3.8) is 0 Å². The molecule has 1 aliphatic heterocycles. The van der Waals surface area contributed by atoms with Crippen molar-refractivity contribution in [2.24, 2.45) is 0 Å². The minimum absolute atomic E-state index is 0.0133. The van der Waals surface area contributed by atoms with Gasteiger partial charge in [0.25, 0.3) is 5.91 Å². The zero-order valence-corrected chi connectivity index (χ0v) is 17.5. The molecule has 1 amide bonds. The molecule has 140 valence electrons. The van der Waals surface area contributed by atoms with Gasteiger partial charge in [-0.15, -0.1) is 0 Å². The van der Waals surface area contributed by atoms with Crippen LogP contribution < -0.4 is 4.74 Å². The number of halogens is 1. The van der Waals surface area contributed by atoms with Crippen molar-refractivity contribution in [2.75, 3.05) is 20.3 Å². The van der Waals surface area contributed by atoms with Crippen molar-refractivity contribution >= 4 is 62.2 Å². The molecule has 1 aromatic rings. The van der Waals surface area contributed by atoms with Crippen LogP contribution in [0.15, 0.2) is 21.5 Å². The molecule has 0 unspecified atom stereocenters. The molecule has 2 rings (SSSR count). The third-order valence-electron chi connectivity index (χ3n) is 3.51. The van der Waals surface area contributed by atoms with Crippen LogP contribution in [0.5, 0.6) is 11.5 Å². The van der Waals surface area contributed by atoms with Gasteiger partial charge < -0.3 is 14.6 Å². The lowest BCUT2D eigenvalue weighted by atomic mass is 10.2. The molecule has 9 heteroatoms. The lowest BCUT2D eigenvalue weighted by Crippen LogP contribution is -2.29. The number of benzene rings is 1. The van der Waals surface area contributed by atoms with Gasteiger partial charge >= 0.3 is 5.97 Å². The van der Waals surface area contributed by atoms with Crippen LogP contribution in [-0.2, 0) is 14.3 Å². The second kappa shape index (κ2) is 9.38. The molecule has 1 aromatic carbocycles. The molecular weight excluding hydrogens is 442 g/mol. The lowest BCUT2D eigenvalue weighted by Gasteiger charge is -2.13. The van der Waals surface area contributed by atoms with Crippen molar-refractivity contribution in [3.05, 3.63) is 27.1 Å². The number of thioether (sulfide) groups is 1. The minimum Gasteiger partial charge on any atom is -0.503 e. The number of esters is 1. The van der Waals surface area contributed by atoms with Gasteiger partial charge in [0, 0.05) is 13.0 Å². The Labute approximate surface area is 169 Å². The highest BCUT2D eigenvalue weighted by Gasteiger charge is 2.31. The SMILES string of the molecule is CCOc1cc(/C=C2\SC(=S)N(CCCC(=O)OC)C2=O)cc(Br)c1O. The summed E-state index contributed by atoms with van der Waals surface area (Å²) >= 11 is 9.75. The zero-order valence-electron chi connectivity index (χ0n) is 14.3. The van der Waals surface area contributed by atoms with Crippen LogP contribution in [0.2, 0.25) is 0 Å². The van der Waals surface area contributed by atoms with Crippen molar-refractivity contribution < 1.29 is 24.2 Å². The van der Waals surface area contributed by atoms with E-state index in [2.05, 4.69) is 20.7 Å². The van der Waals surface area contributed by atoms with Crippen LogP contribution in [0.1, 0.15) is 25.3 Å². The van der Waals surface area contributed by atoms with E-state index >= 15 is 0 Å². The number of hydrogen-bond donors (Lipinski definition) is 1. The number of carbonyl (C=O) groups excluding carboxylic acids is 2. The number of aromatic hydroxyl groups is 1. The van der Waals surface area contributed by atoms with E-state index in [4.69, 9.17) is 17.0 Å². The van der Waals surface area contributed by atoms with Crippen LogP contribution in [0.3, 0.4) is 0 Å². The second-order valence-corrected chi connectivity index (χ2v) is 7.83. The van der Waals surface area contributed by atoms with Crippen molar-refractivity contribution in [1.29, 1.82) is 0 Å². The Morgan fingerprint density at radius 3 is 2.85 bits per heavy atom. The quantitative estimate of drug-likeness (QED) is 0.378. The fraction of sp³-hybridized carbons (Fsp3) is 0.353. The molecule has 1 aliphatic rings. The lowest BCUT2D eigenvalue weighted by molar-refractivity contribution is -0.141. The largest absolute Gasteiger partial charge is 0.503 e. The summed E-state index contributed by atoms with van der Waals surface area (Å²) < 4.78 is 10.9. The summed E-state index contributed by atoms with van der Waals surface area (Å²) in [5.74, 6) is -0.170. The van der Waals surface area contributed by atoms with Crippen LogP contribution in [0.4, 0.5) is 0 Å². The van der Waals surface area contributed by atoms with E-state index < -0.39 is 0 Å². The summed E-state index contributed by atoms with van der Waals surface area (Å²) in [7, 11) is 1.33. The van der Waals surface area contributed by atoms with Gasteiger partial charge in [-0.1, -0.05) is 24.0 Å². The summed E-state index contributed by atoms with van der Waals surface area (Å²) in [6.45, 7) is 2.59. The highest BCUT2D eigenvalue weighted by molar-refractivity contribution is 9.10. The molecule has 0 aliphatic carbocycles. The first-order chi connectivity index (χ1) is 12.4. The van der Waals surface area contributed by atoms with Crippen molar-refractivity contribution in [3.8, 4) is 11.5 Å². The highest BCUT2D eigenvalue weighted by atomic mass is 79.9. The number of ether oxygens (including phenoxy) is 2. The van der Waals surface area contributed by atoms with Crippen molar-refractivity contribution in [1.82, 2.24) is 4.90 Å². The number of carbonyl (C=O) groups is 2. The standard InChI is InChI=1S/C17H18BrNO5S2/c1-3-24-12-8-10(7-11(18)15(12)21)9-13-16(22)19(17(25)26-13)6-4-5-14(20)23-2/h7-9,21H,3-6H2,1-2H3/b13-9-. The van der Waals surface area contributed by atoms with Gasteiger partial charge in [-0.3, -0.25) is 14.5 Å². The predicted octanol–water partition coefficient (Wildman–Crippen LogP) is 3.71. The zero-order chi connectivity index (χ0) is 19.3. The Morgan fingerprint density at radius 2 is 2.19 bits per heavy atom. The maximum absolute atomic E-state index is 12.6. The van der Waals surface area contributed by atoms with Gasteiger partial charge in [0.15, 0.2) is 11.5 Å². The fourth-order valence-corrected chi connectivity index (χ4v) is 4.04. The number of hydrogen-bond acceptors (Lipinski definition) is 7. The number of phenols is 1. The van der Waals surface area contributed by atoms with Crippen LogP contribution in [-0.4, -0.2) is 46.5 Å². The number of rotatable bonds is 7. The first kappa shape index (κ1) is 20.7. The molecule has 1 heterocycles. The first-order valence-electron chi connectivity index (χ1n) is 7.84. The van der Waals surface area contributed by atoms with Crippen LogP contribution in [0.25, 0.3) is 6.08 Å². The number of thiocarbonyl (C=S) groups is 1. The summed E-state index contributed by atoms with van der Waals surface area (Å²) in [6.07, 6.45) is 2.41. The summed E-state index contributed by atoms with van der Waals surface area (Å²) in [5.41, 5.74) is 0.702. The Hall–Kier alpha value is -1.58. The molecule has 0 bridgehead atoms. The summed E-state index contributed by atoms with van der Waals surface area (Å²) in [5, 5.41) is 9.98. The number of amides is 1. The Kier molecular flexibility index (Phi) is 7.48. The normalized spacial score (nSPS) is 15.7. The maximum atomic E-state index is 12.6. The molecule has 1 N–H and O–H groups in total. The molecule has 0 saturated carbocycles. The molecule has 0 spiro atoms. The second-order valence-electron chi connectivity index (χ2n) is 5.30. The molecular formula is C17H18BrNO5S2. The van der Waals surface area contributed by atoms with E-state index in [1.807, 2.05) is 6.92 Å². The van der Waals surface area contributed by atoms with Crippen LogP contribution in [0, 0.1) is 0 Å². The average Bonchev–Trinajstić information content (AvgIpc) is 2.86. The Balaban J connectivity index is 2.15. The van der Waals surface area contributed by atoms with E-state index in [-0.39, 0.29) is 24.0 Å². The molecule has 0 aromatic heterocycles. The summed E-state index contributed by atoms with van der Waals surface area (Å²) in [6, 6.07) is 3.36. The van der Waals surface area contributed by atoms with Gasteiger partial charge in [-0.05, 0) is 53.0 Å². The molecule has 6 nitrogen and oxygen atoms in total. The summed E-state index contributed by atoms with van der Waals surface area (Å²) in [4.78, 5) is 25.7. The minimum atomic E-state index is -0.316. The molecule has 26 heavy (non-hydrogen) atoms. The average molecular weight is 460 g/mol. The fourth-order valence-electron chi connectivity index (χ4n) is 2.27. The number of nitrogens with zero attached hydrogens (tertiary/aromatic N) is 1. The van der Waals surface area contributed by atoms with E-state index in [0.29, 0.717) is 44.6 Å². The Morgan fingerprint density at radius 1 is 1.46 bits per heavy atom. The third-order valence-corrected chi connectivity index (χ3v) is 5.49. The van der Waals surface area contributed by atoms with Gasteiger partial charge in [0.2, 0.25) is 0 Å². The highest BCUT2D eigenvalue weighted by Crippen LogP contribution is 2.38. The first-order valence-corrected chi connectivity index (χ1v) is 9.86. The molecule has 0 radical (unpaired) electrons. The van der Waals surface area contributed by atoms with E-state index in [1.165, 1.54) is 23.8 Å². The van der Waals surface area contributed by atoms with Crippen molar-refractivity contribution in [2.45, 2.75) is 19.8 Å².